The molecule has 1 aromatic rings. The van der Waals surface area contributed by atoms with E-state index in [1.165, 1.54) is 11.8 Å². The smallest absolute Gasteiger partial charge is 0.331 e. The highest BCUT2D eigenvalue weighted by Crippen LogP contribution is 2.19. The van der Waals surface area contributed by atoms with Crippen LogP contribution in [0, 0.1) is 0 Å². The summed E-state index contributed by atoms with van der Waals surface area (Å²) in [6.45, 7) is 1.85. The minimum Gasteiger partial charge on any atom is -0.479 e. The number of carboxylic acids is 1. The van der Waals surface area contributed by atoms with Crippen LogP contribution in [0.3, 0.4) is 0 Å². The fourth-order valence-electron chi connectivity index (χ4n) is 2.62. The number of aliphatic carboxylic acids is 1. The predicted molar refractivity (Wildman–Crippen MR) is 86.3 cm³/mol. The Balaban J connectivity index is 1.93. The summed E-state index contributed by atoms with van der Waals surface area (Å²) in [5, 5.41) is 11.9. The zero-order chi connectivity index (χ0) is 17.6. The Morgan fingerprint density at radius 2 is 2.00 bits per heavy atom. The van der Waals surface area contributed by atoms with Crippen molar-refractivity contribution in [2.45, 2.75) is 25.3 Å². The molecule has 0 aliphatic carbocycles. The molecule has 0 aromatic heterocycles. The zero-order valence-electron chi connectivity index (χ0n) is 13.7. The number of nitrogens with zero attached hydrogens (tertiary/aromatic N) is 1. The molecule has 1 aliphatic rings. The minimum absolute atomic E-state index is 0.0574. The van der Waals surface area contributed by atoms with Crippen molar-refractivity contribution in [1.29, 1.82) is 0 Å². The van der Waals surface area contributed by atoms with E-state index in [-0.39, 0.29) is 32.1 Å². The minimum atomic E-state index is -1.39. The molecular weight excluding hydrogens is 312 g/mol. The molecule has 130 valence electrons. The summed E-state index contributed by atoms with van der Waals surface area (Å²) in [5.74, 6) is -1.84. The van der Waals surface area contributed by atoms with Gasteiger partial charge in [-0.15, -0.1) is 0 Å². The molecule has 0 spiro atoms. The van der Waals surface area contributed by atoms with Crippen molar-refractivity contribution in [1.82, 2.24) is 10.2 Å². The predicted octanol–water partition coefficient (Wildman–Crippen LogP) is 0.438. The van der Waals surface area contributed by atoms with Gasteiger partial charge in [-0.1, -0.05) is 30.3 Å². The highest BCUT2D eigenvalue weighted by atomic mass is 16.5. The number of ether oxygens (including phenoxy) is 1. The van der Waals surface area contributed by atoms with Crippen molar-refractivity contribution in [2.75, 3.05) is 26.3 Å². The Bertz CT molecular complexity index is 596. The van der Waals surface area contributed by atoms with Gasteiger partial charge in [-0.2, -0.15) is 0 Å². The number of nitrogens with one attached hydrogen (secondary N) is 1. The normalized spacial score (nSPS) is 19.7. The van der Waals surface area contributed by atoms with Crippen molar-refractivity contribution >= 4 is 17.8 Å². The number of carbonyl (C=O) groups excluding carboxylic acids is 2. The Morgan fingerprint density at radius 3 is 2.54 bits per heavy atom. The molecule has 1 fully saturated rings. The average molecular weight is 334 g/mol. The Labute approximate surface area is 140 Å². The lowest BCUT2D eigenvalue weighted by atomic mass is 9.99. The van der Waals surface area contributed by atoms with Crippen molar-refractivity contribution in [3.63, 3.8) is 0 Å². The Morgan fingerprint density at radius 1 is 1.29 bits per heavy atom. The molecule has 0 saturated carbocycles. The van der Waals surface area contributed by atoms with Crippen LogP contribution in [0.2, 0.25) is 0 Å². The number of amides is 2. The number of carbonyl (C=O) groups is 3. The van der Waals surface area contributed by atoms with Crippen LogP contribution in [0.5, 0.6) is 0 Å². The summed E-state index contributed by atoms with van der Waals surface area (Å²) in [4.78, 5) is 36.8. The molecule has 7 heteroatoms. The van der Waals surface area contributed by atoms with Crippen LogP contribution in [0.25, 0.3) is 0 Å². The van der Waals surface area contributed by atoms with Crippen molar-refractivity contribution < 1.29 is 24.2 Å². The Hall–Kier alpha value is -2.41. The highest BCUT2D eigenvalue weighted by Gasteiger charge is 2.44. The average Bonchev–Trinajstić information content (AvgIpc) is 3.02. The van der Waals surface area contributed by atoms with Crippen molar-refractivity contribution in [3.05, 3.63) is 35.9 Å². The van der Waals surface area contributed by atoms with E-state index in [0.717, 1.165) is 5.56 Å². The molecule has 2 rings (SSSR count). The van der Waals surface area contributed by atoms with Gasteiger partial charge in [0, 0.05) is 26.5 Å². The standard InChI is InChI=1S/C17H22N2O5/c1-13(20)19(9-7-14-5-3-2-4-6-14)11-15(21)18-17(16(22)23)8-10-24-12-17/h2-6H,7-12H2,1H3,(H,18,21)(H,22,23). The van der Waals surface area contributed by atoms with E-state index in [9.17, 15) is 19.5 Å². The largest absolute Gasteiger partial charge is 0.479 e. The van der Waals surface area contributed by atoms with Gasteiger partial charge in [-0.25, -0.2) is 4.79 Å². The second kappa shape index (κ2) is 7.92. The second-order valence-electron chi connectivity index (χ2n) is 5.91. The van der Waals surface area contributed by atoms with Crippen molar-refractivity contribution in [2.24, 2.45) is 0 Å². The molecule has 1 saturated heterocycles. The van der Waals surface area contributed by atoms with E-state index >= 15 is 0 Å². The first-order valence-corrected chi connectivity index (χ1v) is 7.84. The van der Waals surface area contributed by atoms with Crippen LogP contribution in [0.15, 0.2) is 30.3 Å². The van der Waals surface area contributed by atoms with Crippen LogP contribution in [0.1, 0.15) is 18.9 Å². The van der Waals surface area contributed by atoms with E-state index in [1.807, 2.05) is 30.3 Å². The lowest BCUT2D eigenvalue weighted by Gasteiger charge is -2.26. The van der Waals surface area contributed by atoms with Gasteiger partial charge in [0.15, 0.2) is 5.54 Å². The van der Waals surface area contributed by atoms with Crippen LogP contribution < -0.4 is 5.32 Å². The molecule has 1 unspecified atom stereocenters. The zero-order valence-corrected chi connectivity index (χ0v) is 13.7. The number of hydrogen-bond acceptors (Lipinski definition) is 4. The monoisotopic (exact) mass is 334 g/mol. The van der Waals surface area contributed by atoms with Gasteiger partial charge in [-0.05, 0) is 12.0 Å². The van der Waals surface area contributed by atoms with Crippen LogP contribution in [-0.2, 0) is 25.5 Å². The second-order valence-corrected chi connectivity index (χ2v) is 5.91. The van der Waals surface area contributed by atoms with Crippen LogP contribution in [0.4, 0.5) is 0 Å². The number of rotatable bonds is 7. The van der Waals surface area contributed by atoms with Crippen molar-refractivity contribution in [3.8, 4) is 0 Å². The van der Waals surface area contributed by atoms with E-state index in [0.29, 0.717) is 13.0 Å². The maximum Gasteiger partial charge on any atom is 0.331 e. The topological polar surface area (TPSA) is 95.9 Å². The molecule has 7 nitrogen and oxygen atoms in total. The molecule has 2 N–H and O–H groups in total. The molecule has 1 aromatic carbocycles. The van der Waals surface area contributed by atoms with E-state index < -0.39 is 17.4 Å². The highest BCUT2D eigenvalue weighted by molar-refractivity contribution is 5.90. The molecule has 1 atom stereocenters. The first-order valence-electron chi connectivity index (χ1n) is 7.84. The molecule has 2 amide bonds. The van der Waals surface area contributed by atoms with Crippen LogP contribution >= 0.6 is 0 Å². The fraction of sp³-hybridized carbons (Fsp3) is 0.471. The van der Waals surface area contributed by atoms with Gasteiger partial charge in [0.2, 0.25) is 11.8 Å². The lowest BCUT2D eigenvalue weighted by Crippen LogP contribution is -2.57. The quantitative estimate of drug-likeness (QED) is 0.754. The summed E-state index contributed by atoms with van der Waals surface area (Å²) in [6, 6.07) is 9.64. The van der Waals surface area contributed by atoms with Gasteiger partial charge in [0.1, 0.15) is 0 Å². The summed E-state index contributed by atoms with van der Waals surface area (Å²) in [6.07, 6.45) is 0.846. The third kappa shape index (κ3) is 4.55. The molecular formula is C17H22N2O5. The van der Waals surface area contributed by atoms with E-state index in [4.69, 9.17) is 4.74 Å². The number of benzene rings is 1. The SMILES string of the molecule is CC(=O)N(CCc1ccccc1)CC(=O)NC1(C(=O)O)CCOC1. The van der Waals surface area contributed by atoms with Crippen LogP contribution in [-0.4, -0.2) is 59.6 Å². The number of carboxylic acid groups (broad SMARTS) is 1. The first-order chi connectivity index (χ1) is 11.4. The van der Waals surface area contributed by atoms with Gasteiger partial charge in [0.05, 0.1) is 13.2 Å². The van der Waals surface area contributed by atoms with Gasteiger partial charge >= 0.3 is 5.97 Å². The van der Waals surface area contributed by atoms with Gasteiger partial charge in [-0.3, -0.25) is 9.59 Å². The first kappa shape index (κ1) is 17.9. The maximum atomic E-state index is 12.2. The van der Waals surface area contributed by atoms with E-state index in [2.05, 4.69) is 5.32 Å². The van der Waals surface area contributed by atoms with Gasteiger partial charge in [0.25, 0.3) is 0 Å². The summed E-state index contributed by atoms with van der Waals surface area (Å²) < 4.78 is 5.10. The summed E-state index contributed by atoms with van der Waals surface area (Å²) in [5.41, 5.74) is -0.325. The third-order valence-electron chi connectivity index (χ3n) is 4.10. The summed E-state index contributed by atoms with van der Waals surface area (Å²) >= 11 is 0. The molecule has 1 heterocycles. The summed E-state index contributed by atoms with van der Waals surface area (Å²) in [7, 11) is 0. The maximum absolute atomic E-state index is 12.2. The molecule has 0 bridgehead atoms. The molecule has 24 heavy (non-hydrogen) atoms. The Kier molecular flexibility index (Phi) is 5.92. The molecule has 0 radical (unpaired) electrons. The van der Waals surface area contributed by atoms with E-state index in [1.54, 1.807) is 0 Å². The molecule has 1 aliphatic heterocycles. The number of hydrogen-bond donors (Lipinski definition) is 2. The lowest BCUT2D eigenvalue weighted by molar-refractivity contribution is -0.148. The fourth-order valence-corrected chi connectivity index (χ4v) is 2.62. The third-order valence-corrected chi connectivity index (χ3v) is 4.10. The van der Waals surface area contributed by atoms with Gasteiger partial charge < -0.3 is 20.1 Å².